The summed E-state index contributed by atoms with van der Waals surface area (Å²) in [5.41, 5.74) is 0. The summed E-state index contributed by atoms with van der Waals surface area (Å²) >= 11 is -2.90. The number of rotatable bonds is 4. The van der Waals surface area contributed by atoms with Gasteiger partial charge in [0.2, 0.25) is 0 Å². The van der Waals surface area contributed by atoms with Crippen LogP contribution in [0.15, 0.2) is 11.5 Å². The minimum absolute atomic E-state index is 1.56. The average Bonchev–Trinajstić information content (AvgIpc) is 1.95. The van der Waals surface area contributed by atoms with Crippen molar-refractivity contribution in [3.05, 3.63) is 11.5 Å². The third-order valence-electron chi connectivity index (χ3n) is 1.10. The summed E-state index contributed by atoms with van der Waals surface area (Å²) in [5.74, 6) is 0. The molecule has 54 valence electrons. The van der Waals surface area contributed by atoms with E-state index in [-0.39, 0.29) is 0 Å². The maximum absolute atomic E-state index is 5.01. The van der Waals surface area contributed by atoms with Crippen LogP contribution in [0.1, 0.15) is 0 Å². The Bertz CT molecular complexity index is 81.9. The van der Waals surface area contributed by atoms with Gasteiger partial charge in [0.15, 0.2) is 0 Å². The van der Waals surface area contributed by atoms with Crippen LogP contribution >= 0.6 is 0 Å². The van der Waals surface area contributed by atoms with Crippen LogP contribution in [0.5, 0.6) is 0 Å². The molecule has 0 rings (SSSR count). The van der Waals surface area contributed by atoms with Gasteiger partial charge in [-0.25, -0.2) is 0 Å². The quantitative estimate of drug-likeness (QED) is 0.611. The van der Waals surface area contributed by atoms with Crippen molar-refractivity contribution in [2.75, 3.05) is 21.3 Å². The Hall–Kier alpha value is 0.163. The van der Waals surface area contributed by atoms with Crippen LogP contribution < -0.4 is 0 Å². The molecule has 0 aromatic carbocycles. The first-order valence-corrected chi connectivity index (χ1v) is 6.31. The van der Waals surface area contributed by atoms with Gasteiger partial charge in [0, 0.05) is 0 Å². The van der Waals surface area contributed by atoms with Crippen molar-refractivity contribution < 1.29 is 11.3 Å². The average molecular weight is 193 g/mol. The normalized spacial score (nSPS) is 11.4. The molecule has 0 amide bonds. The van der Waals surface area contributed by atoms with Gasteiger partial charge in [-0.2, -0.15) is 0 Å². The Kier molecular flexibility index (Phi) is 4.13. The molecule has 0 aromatic heterocycles. The predicted molar refractivity (Wildman–Crippen MR) is 37.0 cm³/mol. The van der Waals surface area contributed by atoms with E-state index in [2.05, 4.69) is 6.58 Å². The van der Waals surface area contributed by atoms with E-state index in [1.54, 1.807) is 26.2 Å². The predicted octanol–water partition coefficient (Wildman–Crippen LogP) is 0.590. The van der Waals surface area contributed by atoms with E-state index >= 15 is 0 Å². The van der Waals surface area contributed by atoms with Gasteiger partial charge in [0.05, 0.1) is 0 Å². The second kappa shape index (κ2) is 4.05. The van der Waals surface area contributed by atoms with Crippen molar-refractivity contribution in [3.63, 3.8) is 0 Å². The minimum atomic E-state index is -2.90. The molecule has 0 N–H and O–H groups in total. The topological polar surface area (TPSA) is 27.7 Å². The molecule has 0 bridgehead atoms. The Morgan fingerprint density at radius 1 is 1.11 bits per heavy atom. The Morgan fingerprint density at radius 2 is 1.44 bits per heavy atom. The molecule has 4 heteroatoms. The van der Waals surface area contributed by atoms with Gasteiger partial charge >= 0.3 is 58.4 Å². The molecule has 0 saturated heterocycles. The van der Waals surface area contributed by atoms with E-state index in [0.717, 1.165) is 0 Å². The van der Waals surface area contributed by atoms with Crippen LogP contribution in [0.4, 0.5) is 0 Å². The van der Waals surface area contributed by atoms with Gasteiger partial charge in [-0.05, 0) is 0 Å². The fourth-order valence-corrected chi connectivity index (χ4v) is 2.60. The van der Waals surface area contributed by atoms with Crippen LogP contribution in [0.25, 0.3) is 0 Å². The number of hydrogen-bond acceptors (Lipinski definition) is 3. The Labute approximate surface area is 59.0 Å². The van der Waals surface area contributed by atoms with Crippen LogP contribution in [0.2, 0.25) is 0 Å². The van der Waals surface area contributed by atoms with E-state index < -0.39 is 14.3 Å². The molecule has 0 aliphatic rings. The summed E-state index contributed by atoms with van der Waals surface area (Å²) < 4.78 is 15.0. The summed E-state index contributed by atoms with van der Waals surface area (Å²) in [6, 6.07) is 0. The molecular weight excluding hydrogens is 181 g/mol. The summed E-state index contributed by atoms with van der Waals surface area (Å²) in [5, 5.41) is 0. The first-order chi connectivity index (χ1) is 4.24. The third kappa shape index (κ3) is 2.10. The molecule has 0 spiro atoms. The zero-order valence-electron chi connectivity index (χ0n) is 6.01. The van der Waals surface area contributed by atoms with E-state index in [4.69, 9.17) is 11.3 Å². The van der Waals surface area contributed by atoms with Crippen molar-refractivity contribution in [3.8, 4) is 0 Å². The molecule has 9 heavy (non-hydrogen) atoms. The molecule has 0 unspecified atom stereocenters. The summed E-state index contributed by atoms with van der Waals surface area (Å²) in [4.78, 5) is 1.62. The fraction of sp³-hybridized carbons (Fsp3) is 0.600. The molecule has 0 saturated carbocycles. The van der Waals surface area contributed by atoms with Gasteiger partial charge in [0.25, 0.3) is 0 Å². The second-order valence-corrected chi connectivity index (χ2v) is 7.38. The zero-order chi connectivity index (χ0) is 7.33. The maximum atomic E-state index is 5.01. The van der Waals surface area contributed by atoms with Crippen LogP contribution in [-0.4, -0.2) is 35.6 Å². The molecule has 0 aromatic rings. The molecule has 0 aliphatic carbocycles. The van der Waals surface area contributed by atoms with E-state index in [9.17, 15) is 0 Å². The summed E-state index contributed by atoms with van der Waals surface area (Å²) in [6.45, 7) is 3.55. The fourth-order valence-electron chi connectivity index (χ4n) is 0.500. The van der Waals surface area contributed by atoms with Gasteiger partial charge in [0.1, 0.15) is 0 Å². The van der Waals surface area contributed by atoms with Crippen molar-refractivity contribution in [2.24, 2.45) is 0 Å². The standard InChI is InChI=1S/C5H12GeO3/c1-5-6(7-2,8-3)9-4/h5H,1H2,2-4H3. The molecule has 0 radical (unpaired) electrons. The van der Waals surface area contributed by atoms with Crippen molar-refractivity contribution in [2.45, 2.75) is 0 Å². The van der Waals surface area contributed by atoms with Crippen LogP contribution in [0, 0.1) is 0 Å². The molecular formula is C5H12GeO3. The van der Waals surface area contributed by atoms with Gasteiger partial charge in [-0.15, -0.1) is 0 Å². The van der Waals surface area contributed by atoms with Gasteiger partial charge in [-0.1, -0.05) is 0 Å². The molecule has 3 nitrogen and oxygen atoms in total. The van der Waals surface area contributed by atoms with Crippen molar-refractivity contribution in [1.29, 1.82) is 0 Å². The van der Waals surface area contributed by atoms with Gasteiger partial charge < -0.3 is 0 Å². The van der Waals surface area contributed by atoms with E-state index in [1.165, 1.54) is 0 Å². The van der Waals surface area contributed by atoms with Crippen LogP contribution in [-0.2, 0) is 11.3 Å². The van der Waals surface area contributed by atoms with Crippen LogP contribution in [0.3, 0.4) is 0 Å². The molecule has 0 aliphatic heterocycles. The second-order valence-electron chi connectivity index (χ2n) is 1.42. The van der Waals surface area contributed by atoms with E-state index in [0.29, 0.717) is 0 Å². The molecule has 0 atom stereocenters. The first-order valence-electron chi connectivity index (χ1n) is 2.53. The number of hydrogen-bond donors (Lipinski definition) is 0. The Morgan fingerprint density at radius 3 is 1.44 bits per heavy atom. The summed E-state index contributed by atoms with van der Waals surface area (Å²) in [6.07, 6.45) is 0. The van der Waals surface area contributed by atoms with Crippen molar-refractivity contribution in [1.82, 2.24) is 0 Å². The SMILES string of the molecule is C=[CH][Ge]([O]C)([O]C)[O]C. The zero-order valence-corrected chi connectivity index (χ0v) is 8.11. The van der Waals surface area contributed by atoms with Crippen molar-refractivity contribution >= 4 is 14.3 Å². The molecule has 0 heterocycles. The third-order valence-corrected chi connectivity index (χ3v) is 5.73. The molecule has 0 fully saturated rings. The summed E-state index contributed by atoms with van der Waals surface area (Å²) in [7, 11) is 4.69. The first kappa shape index (κ1) is 9.16. The Balaban J connectivity index is 3.98. The van der Waals surface area contributed by atoms with E-state index in [1.807, 2.05) is 0 Å². The van der Waals surface area contributed by atoms with Gasteiger partial charge in [-0.3, -0.25) is 0 Å². The monoisotopic (exact) mass is 194 g/mol.